The summed E-state index contributed by atoms with van der Waals surface area (Å²) >= 11 is 0. The number of piperidine rings is 1. The first-order valence-corrected chi connectivity index (χ1v) is 10.1. The van der Waals surface area contributed by atoms with Crippen LogP contribution in [0.3, 0.4) is 0 Å². The zero-order valence-corrected chi connectivity index (χ0v) is 17.4. The number of H-pyrrole nitrogens is 1. The number of benzene rings is 2. The standard InChI is InChI=1S/C23H25FN4O3/c1-30-16-5-3-14(4-6-16)22-15(13-26-28-22)12-25-20-9-10-21(29)27-23(20)18-11-17(31-2)7-8-19(18)24/h3-8,11,13,20,23,25H,9-10,12H2,1-2H3,(H,26,28)(H,27,29)/t20-,23+/m1/s1. The molecule has 7 nitrogen and oxygen atoms in total. The minimum Gasteiger partial charge on any atom is -0.497 e. The van der Waals surface area contributed by atoms with Crippen molar-refractivity contribution in [3.05, 3.63) is 65.6 Å². The molecule has 2 aromatic carbocycles. The number of nitrogens with zero attached hydrogens (tertiary/aromatic N) is 1. The Hall–Kier alpha value is -3.39. The van der Waals surface area contributed by atoms with Gasteiger partial charge in [-0.3, -0.25) is 9.89 Å². The minimum atomic E-state index is -0.493. The number of hydrogen-bond donors (Lipinski definition) is 3. The van der Waals surface area contributed by atoms with Crippen LogP contribution >= 0.6 is 0 Å². The third kappa shape index (κ3) is 4.54. The third-order valence-corrected chi connectivity index (χ3v) is 5.59. The van der Waals surface area contributed by atoms with Gasteiger partial charge in [-0.15, -0.1) is 0 Å². The number of amides is 1. The molecule has 0 unspecified atom stereocenters. The molecule has 1 aliphatic heterocycles. The quantitative estimate of drug-likeness (QED) is 0.541. The normalized spacial score (nSPS) is 18.5. The summed E-state index contributed by atoms with van der Waals surface area (Å²) in [5.74, 6) is 0.866. The summed E-state index contributed by atoms with van der Waals surface area (Å²) in [6, 6.07) is 11.7. The molecule has 162 valence electrons. The summed E-state index contributed by atoms with van der Waals surface area (Å²) in [6.07, 6.45) is 2.76. The number of methoxy groups -OCH3 is 2. The minimum absolute atomic E-state index is 0.0903. The van der Waals surface area contributed by atoms with Crippen molar-refractivity contribution in [2.24, 2.45) is 0 Å². The Bertz CT molecular complexity index is 1050. The van der Waals surface area contributed by atoms with E-state index in [-0.39, 0.29) is 17.8 Å². The Kier molecular flexibility index (Phi) is 6.18. The van der Waals surface area contributed by atoms with E-state index in [4.69, 9.17) is 9.47 Å². The van der Waals surface area contributed by atoms with Gasteiger partial charge in [0.1, 0.15) is 17.3 Å². The molecule has 8 heteroatoms. The van der Waals surface area contributed by atoms with E-state index in [0.29, 0.717) is 30.7 Å². The number of aromatic amines is 1. The number of nitrogens with one attached hydrogen (secondary N) is 3. The molecule has 1 amide bonds. The van der Waals surface area contributed by atoms with Gasteiger partial charge < -0.3 is 20.1 Å². The van der Waals surface area contributed by atoms with Gasteiger partial charge in [0.2, 0.25) is 5.91 Å². The van der Waals surface area contributed by atoms with Crippen LogP contribution in [-0.2, 0) is 11.3 Å². The molecule has 2 atom stereocenters. The van der Waals surface area contributed by atoms with Crippen LogP contribution in [0.15, 0.2) is 48.7 Å². The van der Waals surface area contributed by atoms with E-state index in [2.05, 4.69) is 20.8 Å². The van der Waals surface area contributed by atoms with Gasteiger partial charge in [-0.05, 0) is 48.9 Å². The van der Waals surface area contributed by atoms with Crippen LogP contribution in [0.25, 0.3) is 11.3 Å². The molecule has 1 aromatic heterocycles. The molecule has 3 N–H and O–H groups in total. The Morgan fingerprint density at radius 2 is 1.87 bits per heavy atom. The van der Waals surface area contributed by atoms with Crippen LogP contribution in [0.5, 0.6) is 11.5 Å². The molecular formula is C23H25FN4O3. The highest BCUT2D eigenvalue weighted by Gasteiger charge is 2.32. The molecule has 0 spiro atoms. The van der Waals surface area contributed by atoms with Crippen molar-refractivity contribution in [3.63, 3.8) is 0 Å². The molecule has 1 aliphatic rings. The van der Waals surface area contributed by atoms with Crippen LogP contribution in [0.4, 0.5) is 4.39 Å². The molecule has 0 bridgehead atoms. The van der Waals surface area contributed by atoms with Crippen molar-refractivity contribution in [1.82, 2.24) is 20.8 Å². The lowest BCUT2D eigenvalue weighted by Gasteiger charge is -2.33. The lowest BCUT2D eigenvalue weighted by atomic mass is 9.91. The zero-order chi connectivity index (χ0) is 21.8. The summed E-state index contributed by atoms with van der Waals surface area (Å²) < 4.78 is 25.1. The molecule has 0 aliphatic carbocycles. The number of aromatic nitrogens is 2. The molecular weight excluding hydrogens is 399 g/mol. The fourth-order valence-corrected chi connectivity index (χ4v) is 3.89. The van der Waals surface area contributed by atoms with Gasteiger partial charge in [-0.25, -0.2) is 4.39 Å². The number of ether oxygens (including phenoxy) is 2. The second-order valence-corrected chi connectivity index (χ2v) is 7.46. The van der Waals surface area contributed by atoms with Crippen LogP contribution in [0.2, 0.25) is 0 Å². The van der Waals surface area contributed by atoms with Gasteiger partial charge >= 0.3 is 0 Å². The van der Waals surface area contributed by atoms with Gasteiger partial charge in [0.15, 0.2) is 0 Å². The van der Waals surface area contributed by atoms with Gasteiger partial charge in [0, 0.05) is 35.7 Å². The van der Waals surface area contributed by atoms with Crippen molar-refractivity contribution >= 4 is 5.91 Å². The highest BCUT2D eigenvalue weighted by Crippen LogP contribution is 2.30. The maximum Gasteiger partial charge on any atom is 0.220 e. The van der Waals surface area contributed by atoms with E-state index >= 15 is 0 Å². The second kappa shape index (κ2) is 9.18. The number of halogens is 1. The van der Waals surface area contributed by atoms with Crippen molar-refractivity contribution in [3.8, 4) is 22.8 Å². The lowest BCUT2D eigenvalue weighted by molar-refractivity contribution is -0.123. The van der Waals surface area contributed by atoms with Crippen molar-refractivity contribution in [2.45, 2.75) is 31.5 Å². The summed E-state index contributed by atoms with van der Waals surface area (Å²) in [6.45, 7) is 0.514. The van der Waals surface area contributed by atoms with Gasteiger partial charge in [0.25, 0.3) is 0 Å². The molecule has 2 heterocycles. The predicted molar refractivity (Wildman–Crippen MR) is 114 cm³/mol. The first-order valence-electron chi connectivity index (χ1n) is 10.1. The lowest BCUT2D eigenvalue weighted by Crippen LogP contribution is -2.48. The van der Waals surface area contributed by atoms with E-state index in [0.717, 1.165) is 22.6 Å². The van der Waals surface area contributed by atoms with Gasteiger partial charge in [-0.1, -0.05) is 0 Å². The maximum absolute atomic E-state index is 14.6. The Balaban J connectivity index is 1.53. The average Bonchev–Trinajstić information content (AvgIpc) is 3.27. The van der Waals surface area contributed by atoms with Crippen LogP contribution < -0.4 is 20.1 Å². The SMILES string of the molecule is COc1ccc(-c2[nH]ncc2CN[C@@H]2CCC(=O)N[C@H]2c2cc(OC)ccc2F)cc1. The van der Waals surface area contributed by atoms with E-state index < -0.39 is 6.04 Å². The van der Waals surface area contributed by atoms with E-state index in [1.807, 2.05) is 24.3 Å². The molecule has 4 rings (SSSR count). The fourth-order valence-electron chi connectivity index (χ4n) is 3.89. The van der Waals surface area contributed by atoms with Crippen molar-refractivity contribution < 1.29 is 18.7 Å². The monoisotopic (exact) mass is 424 g/mol. The van der Waals surface area contributed by atoms with Crippen LogP contribution in [0.1, 0.15) is 30.0 Å². The largest absolute Gasteiger partial charge is 0.497 e. The first-order chi connectivity index (χ1) is 15.1. The molecule has 1 fully saturated rings. The zero-order valence-electron chi connectivity index (χ0n) is 17.4. The Labute approximate surface area is 180 Å². The average molecular weight is 424 g/mol. The summed E-state index contributed by atoms with van der Waals surface area (Å²) in [5.41, 5.74) is 3.28. The summed E-state index contributed by atoms with van der Waals surface area (Å²) in [4.78, 5) is 12.1. The van der Waals surface area contributed by atoms with E-state index in [1.165, 1.54) is 13.2 Å². The smallest absolute Gasteiger partial charge is 0.220 e. The molecule has 1 saturated heterocycles. The van der Waals surface area contributed by atoms with Gasteiger partial charge in [-0.2, -0.15) is 5.10 Å². The highest BCUT2D eigenvalue weighted by atomic mass is 19.1. The summed E-state index contributed by atoms with van der Waals surface area (Å²) in [5, 5.41) is 13.6. The number of hydrogen-bond acceptors (Lipinski definition) is 5. The number of carbonyl (C=O) groups is 1. The maximum atomic E-state index is 14.6. The summed E-state index contributed by atoms with van der Waals surface area (Å²) in [7, 11) is 3.16. The Morgan fingerprint density at radius 3 is 2.61 bits per heavy atom. The van der Waals surface area contributed by atoms with Gasteiger partial charge in [0.05, 0.1) is 32.2 Å². The fraction of sp³-hybridized carbons (Fsp3) is 0.304. The van der Waals surface area contributed by atoms with E-state index in [9.17, 15) is 9.18 Å². The first kappa shape index (κ1) is 20.9. The second-order valence-electron chi connectivity index (χ2n) is 7.46. The molecule has 0 saturated carbocycles. The number of carbonyl (C=O) groups excluding carboxylic acids is 1. The van der Waals surface area contributed by atoms with Crippen molar-refractivity contribution in [2.75, 3.05) is 14.2 Å². The number of rotatable bonds is 7. The third-order valence-electron chi connectivity index (χ3n) is 5.59. The topological polar surface area (TPSA) is 88.3 Å². The van der Waals surface area contributed by atoms with E-state index in [1.54, 1.807) is 25.4 Å². The molecule has 0 radical (unpaired) electrons. The Morgan fingerprint density at radius 1 is 1.13 bits per heavy atom. The van der Waals surface area contributed by atoms with Crippen molar-refractivity contribution in [1.29, 1.82) is 0 Å². The van der Waals surface area contributed by atoms with Crippen LogP contribution in [-0.4, -0.2) is 36.4 Å². The molecule has 31 heavy (non-hydrogen) atoms. The molecule has 3 aromatic rings. The predicted octanol–water partition coefficient (Wildman–Crippen LogP) is 3.34. The highest BCUT2D eigenvalue weighted by molar-refractivity contribution is 5.77. The van der Waals surface area contributed by atoms with Crippen LogP contribution in [0, 0.1) is 5.82 Å².